The van der Waals surface area contributed by atoms with Crippen molar-refractivity contribution in [3.8, 4) is 22.6 Å². The molecule has 0 fully saturated rings. The van der Waals surface area contributed by atoms with Crippen LogP contribution < -0.4 is 9.47 Å². The highest BCUT2D eigenvalue weighted by atomic mass is 127. The van der Waals surface area contributed by atoms with Crippen molar-refractivity contribution in [2.45, 2.75) is 51.4 Å². The van der Waals surface area contributed by atoms with Gasteiger partial charge in [-0.05, 0) is 89.4 Å². The second kappa shape index (κ2) is 14.2. The average molecular weight is 575 g/mol. The second-order valence-corrected chi connectivity index (χ2v) is 10.9. The Labute approximate surface area is 215 Å². The summed E-state index contributed by atoms with van der Waals surface area (Å²) in [5, 5.41) is 0. The van der Waals surface area contributed by atoms with E-state index in [0.717, 1.165) is 39.2 Å². The molecule has 174 valence electrons. The first-order chi connectivity index (χ1) is 16.2. The van der Waals surface area contributed by atoms with Crippen molar-refractivity contribution in [3.63, 3.8) is 0 Å². The molecule has 0 saturated heterocycles. The molecule has 0 aliphatic heterocycles. The summed E-state index contributed by atoms with van der Waals surface area (Å²) in [5.41, 5.74) is 2.17. The van der Waals surface area contributed by atoms with Gasteiger partial charge in [0.15, 0.2) is 0 Å². The second-order valence-electron chi connectivity index (χ2n) is 7.94. The number of ether oxygens (including phenoxy) is 2. The van der Waals surface area contributed by atoms with Crippen LogP contribution in [0.5, 0.6) is 11.5 Å². The van der Waals surface area contributed by atoms with Crippen LogP contribution in [0, 0.1) is 2.88 Å². The summed E-state index contributed by atoms with van der Waals surface area (Å²) >= 11 is 3.62. The number of hydrogen-bond donors (Lipinski definition) is 0. The van der Waals surface area contributed by atoms with Crippen molar-refractivity contribution in [2.75, 3.05) is 6.61 Å². The number of halogens is 1. The normalized spacial score (nSPS) is 10.7. The van der Waals surface area contributed by atoms with Crippen molar-refractivity contribution in [2.24, 2.45) is 0 Å². The zero-order valence-electron chi connectivity index (χ0n) is 18.9. The topological polar surface area (TPSA) is 35.5 Å². The van der Waals surface area contributed by atoms with Crippen LogP contribution in [0.25, 0.3) is 11.1 Å². The van der Waals surface area contributed by atoms with E-state index in [-0.39, 0.29) is 5.97 Å². The number of esters is 1. The van der Waals surface area contributed by atoms with Crippen molar-refractivity contribution >= 4 is 39.9 Å². The summed E-state index contributed by atoms with van der Waals surface area (Å²) in [5.74, 6) is 1.13. The molecule has 0 aliphatic carbocycles. The van der Waals surface area contributed by atoms with Gasteiger partial charge in [0.2, 0.25) is 0 Å². The number of carbonyl (C=O) groups is 1. The number of unbranched alkanes of at least 4 members (excludes halogenated alkanes) is 7. The van der Waals surface area contributed by atoms with E-state index in [1.807, 2.05) is 48.5 Å². The maximum absolute atomic E-state index is 12.2. The summed E-state index contributed by atoms with van der Waals surface area (Å²) < 4.78 is 12.4. The summed E-state index contributed by atoms with van der Waals surface area (Å²) in [7, 11) is 0. The predicted octanol–water partition coefficient (Wildman–Crippen LogP) is 8.92. The van der Waals surface area contributed by atoms with Gasteiger partial charge in [0, 0.05) is 0 Å². The molecule has 1 heterocycles. The number of hydrogen-bond acceptors (Lipinski definition) is 4. The van der Waals surface area contributed by atoms with Gasteiger partial charge in [0.05, 0.1) is 9.49 Å². The quantitative estimate of drug-likeness (QED) is 0.0634. The third kappa shape index (κ3) is 8.97. The Bertz CT molecular complexity index is 993. The minimum atomic E-state index is -0.319. The van der Waals surface area contributed by atoms with Crippen LogP contribution in [-0.4, -0.2) is 12.6 Å². The van der Waals surface area contributed by atoms with Crippen LogP contribution in [0.15, 0.2) is 73.3 Å². The minimum absolute atomic E-state index is 0.319. The van der Waals surface area contributed by atoms with Gasteiger partial charge in [-0.15, -0.1) is 17.9 Å². The number of benzene rings is 2. The first kappa shape index (κ1) is 25.5. The van der Waals surface area contributed by atoms with E-state index in [2.05, 4.69) is 41.3 Å². The Morgan fingerprint density at radius 1 is 0.788 bits per heavy atom. The molecule has 0 aliphatic rings. The van der Waals surface area contributed by atoms with Gasteiger partial charge in [-0.2, -0.15) is 0 Å². The maximum Gasteiger partial charge on any atom is 0.353 e. The predicted molar refractivity (Wildman–Crippen MR) is 147 cm³/mol. The fourth-order valence-electron chi connectivity index (χ4n) is 3.51. The van der Waals surface area contributed by atoms with Gasteiger partial charge >= 0.3 is 5.97 Å². The van der Waals surface area contributed by atoms with Gasteiger partial charge in [-0.25, -0.2) is 4.79 Å². The minimum Gasteiger partial charge on any atom is -0.494 e. The smallest absolute Gasteiger partial charge is 0.353 e. The molecule has 0 radical (unpaired) electrons. The molecule has 0 N–H and O–H groups in total. The molecule has 3 rings (SSSR count). The van der Waals surface area contributed by atoms with Crippen LogP contribution in [0.2, 0.25) is 0 Å². The van der Waals surface area contributed by atoms with Crippen LogP contribution in [0.1, 0.15) is 61.0 Å². The van der Waals surface area contributed by atoms with Gasteiger partial charge in [-0.3, -0.25) is 0 Å². The molecule has 0 unspecified atom stereocenters. The molecular weight excluding hydrogens is 543 g/mol. The van der Waals surface area contributed by atoms with E-state index in [1.165, 1.54) is 49.9 Å². The van der Waals surface area contributed by atoms with Gasteiger partial charge in [0.25, 0.3) is 0 Å². The monoisotopic (exact) mass is 574 g/mol. The maximum atomic E-state index is 12.2. The Morgan fingerprint density at radius 3 is 1.94 bits per heavy atom. The highest BCUT2D eigenvalue weighted by Crippen LogP contribution is 2.26. The lowest BCUT2D eigenvalue weighted by Gasteiger charge is -2.08. The van der Waals surface area contributed by atoms with E-state index >= 15 is 0 Å². The molecule has 33 heavy (non-hydrogen) atoms. The molecular formula is C28H31IO3S. The van der Waals surface area contributed by atoms with E-state index in [1.54, 1.807) is 6.07 Å². The number of rotatable bonds is 14. The molecule has 0 saturated carbocycles. The Balaban J connectivity index is 1.37. The van der Waals surface area contributed by atoms with Crippen LogP contribution in [0.4, 0.5) is 0 Å². The highest BCUT2D eigenvalue weighted by molar-refractivity contribution is 14.1. The standard InChI is InChI=1S/C28H31IO3S/c1-2-3-4-5-6-7-8-9-10-21-31-24-15-11-22(12-16-24)23-13-17-25(18-14-23)32-28(30)26-19-20-27(29)33-26/h2,11-20H,1,3-10,21H2. The number of allylic oxidation sites excluding steroid dienone is 1. The molecule has 0 spiro atoms. The molecule has 0 amide bonds. The third-order valence-corrected chi connectivity index (χ3v) is 7.22. The first-order valence-corrected chi connectivity index (χ1v) is 13.5. The first-order valence-electron chi connectivity index (χ1n) is 11.6. The summed E-state index contributed by atoms with van der Waals surface area (Å²) in [4.78, 5) is 12.8. The summed E-state index contributed by atoms with van der Waals surface area (Å²) in [6, 6.07) is 19.4. The van der Waals surface area contributed by atoms with Gasteiger partial charge < -0.3 is 9.47 Å². The molecule has 1 aromatic heterocycles. The lowest BCUT2D eigenvalue weighted by Crippen LogP contribution is -2.06. The lowest BCUT2D eigenvalue weighted by atomic mass is 10.1. The number of carbonyl (C=O) groups excluding carboxylic acids is 1. The molecule has 0 bridgehead atoms. The fraction of sp³-hybridized carbons (Fsp3) is 0.321. The molecule has 5 heteroatoms. The number of thiophene rings is 1. The van der Waals surface area contributed by atoms with E-state index in [4.69, 9.17) is 9.47 Å². The lowest BCUT2D eigenvalue weighted by molar-refractivity contribution is 0.0740. The zero-order chi connectivity index (χ0) is 23.3. The SMILES string of the molecule is C=CCCCCCCCCCOc1ccc(-c2ccc(OC(=O)c3ccc(I)s3)cc2)cc1. The Morgan fingerprint density at radius 2 is 1.36 bits per heavy atom. The van der Waals surface area contributed by atoms with E-state index < -0.39 is 0 Å². The van der Waals surface area contributed by atoms with Crippen molar-refractivity contribution < 1.29 is 14.3 Å². The summed E-state index contributed by atoms with van der Waals surface area (Å²) in [6.07, 6.45) is 12.0. The molecule has 2 aromatic carbocycles. The third-order valence-electron chi connectivity index (χ3n) is 5.35. The Kier molecular flexibility index (Phi) is 11.0. The fourth-order valence-corrected chi connectivity index (χ4v) is 5.00. The van der Waals surface area contributed by atoms with Gasteiger partial charge in [-0.1, -0.05) is 62.4 Å². The average Bonchev–Trinajstić information content (AvgIpc) is 3.28. The molecule has 0 atom stereocenters. The van der Waals surface area contributed by atoms with Crippen LogP contribution >= 0.6 is 33.9 Å². The van der Waals surface area contributed by atoms with Gasteiger partial charge in [0.1, 0.15) is 16.4 Å². The summed E-state index contributed by atoms with van der Waals surface area (Å²) in [6.45, 7) is 4.53. The largest absolute Gasteiger partial charge is 0.494 e. The van der Waals surface area contributed by atoms with Crippen molar-refractivity contribution in [1.82, 2.24) is 0 Å². The van der Waals surface area contributed by atoms with Crippen molar-refractivity contribution in [1.29, 1.82) is 0 Å². The zero-order valence-corrected chi connectivity index (χ0v) is 21.9. The molecule has 3 aromatic rings. The Hall–Kier alpha value is -2.12. The molecule has 3 nitrogen and oxygen atoms in total. The van der Waals surface area contributed by atoms with Crippen LogP contribution in [0.3, 0.4) is 0 Å². The highest BCUT2D eigenvalue weighted by Gasteiger charge is 2.11. The van der Waals surface area contributed by atoms with E-state index in [0.29, 0.717) is 10.6 Å². The van der Waals surface area contributed by atoms with Crippen LogP contribution in [-0.2, 0) is 0 Å². The van der Waals surface area contributed by atoms with Crippen molar-refractivity contribution in [3.05, 3.63) is 81.1 Å². The van der Waals surface area contributed by atoms with E-state index in [9.17, 15) is 4.79 Å².